The highest BCUT2D eigenvalue weighted by Crippen LogP contribution is 2.37. The summed E-state index contributed by atoms with van der Waals surface area (Å²) >= 11 is 1.20. The SMILES string of the molecule is CCN(CC)c1sc(C(=O)OC)c(N)c1C#N. The third-order valence-electron chi connectivity index (χ3n) is 2.46. The Morgan fingerprint density at radius 2 is 2.12 bits per heavy atom. The molecule has 6 heteroatoms. The Morgan fingerprint density at radius 1 is 1.53 bits per heavy atom. The molecule has 0 aliphatic heterocycles. The number of rotatable bonds is 4. The number of esters is 1. The first-order valence-electron chi connectivity index (χ1n) is 5.26. The van der Waals surface area contributed by atoms with Gasteiger partial charge in [-0.15, -0.1) is 11.3 Å². The normalized spacial score (nSPS) is 9.76. The number of hydrogen-bond donors (Lipinski definition) is 1. The molecule has 1 heterocycles. The smallest absolute Gasteiger partial charge is 0.350 e. The van der Waals surface area contributed by atoms with Crippen molar-refractivity contribution in [3.63, 3.8) is 0 Å². The van der Waals surface area contributed by atoms with Gasteiger partial charge in [-0.2, -0.15) is 5.26 Å². The van der Waals surface area contributed by atoms with Gasteiger partial charge >= 0.3 is 5.97 Å². The second-order valence-electron chi connectivity index (χ2n) is 3.30. The standard InChI is InChI=1S/C11H15N3O2S/c1-4-14(5-2)10-7(6-12)8(13)9(17-10)11(15)16-3/h4-5,13H2,1-3H3. The molecule has 0 aromatic carbocycles. The van der Waals surface area contributed by atoms with Gasteiger partial charge in [-0.3, -0.25) is 0 Å². The molecule has 5 nitrogen and oxygen atoms in total. The quantitative estimate of drug-likeness (QED) is 0.828. The number of methoxy groups -OCH3 is 1. The first-order valence-corrected chi connectivity index (χ1v) is 6.07. The van der Waals surface area contributed by atoms with Crippen LogP contribution in [0.25, 0.3) is 0 Å². The molecule has 0 bridgehead atoms. The molecule has 0 radical (unpaired) electrons. The molecule has 1 rings (SSSR count). The molecule has 0 aliphatic carbocycles. The molecule has 1 aromatic rings. The van der Waals surface area contributed by atoms with Gasteiger partial charge in [0.2, 0.25) is 0 Å². The van der Waals surface area contributed by atoms with Crippen molar-refractivity contribution in [3.05, 3.63) is 10.4 Å². The molecule has 92 valence electrons. The van der Waals surface area contributed by atoms with E-state index in [1.54, 1.807) is 0 Å². The maximum Gasteiger partial charge on any atom is 0.350 e. The van der Waals surface area contributed by atoms with Crippen LogP contribution in [0.2, 0.25) is 0 Å². The minimum atomic E-state index is -0.498. The van der Waals surface area contributed by atoms with Gasteiger partial charge in [-0.1, -0.05) is 0 Å². The van der Waals surface area contributed by atoms with E-state index in [2.05, 4.69) is 4.74 Å². The van der Waals surface area contributed by atoms with Crippen molar-refractivity contribution in [1.82, 2.24) is 0 Å². The minimum Gasteiger partial charge on any atom is -0.465 e. The summed E-state index contributed by atoms with van der Waals surface area (Å²) in [6.07, 6.45) is 0. The molecule has 0 unspecified atom stereocenters. The molecule has 2 N–H and O–H groups in total. The van der Waals surface area contributed by atoms with Crippen molar-refractivity contribution in [2.75, 3.05) is 30.8 Å². The van der Waals surface area contributed by atoms with Gasteiger partial charge in [0.15, 0.2) is 0 Å². The Morgan fingerprint density at radius 3 is 2.53 bits per heavy atom. The molecule has 0 saturated heterocycles. The van der Waals surface area contributed by atoms with Gasteiger partial charge in [-0.05, 0) is 13.8 Å². The van der Waals surface area contributed by atoms with Gasteiger partial charge in [0, 0.05) is 13.1 Å². The van der Waals surface area contributed by atoms with E-state index in [-0.39, 0.29) is 5.69 Å². The van der Waals surface area contributed by atoms with Crippen molar-refractivity contribution >= 4 is 28.0 Å². The number of carbonyl (C=O) groups excluding carboxylic acids is 1. The summed E-state index contributed by atoms with van der Waals surface area (Å²) in [5, 5.41) is 9.84. The average Bonchev–Trinajstić information content (AvgIpc) is 2.67. The fourth-order valence-corrected chi connectivity index (χ4v) is 2.73. The second-order valence-corrected chi connectivity index (χ2v) is 4.30. The number of nitrogen functional groups attached to an aromatic ring is 1. The topological polar surface area (TPSA) is 79.3 Å². The van der Waals surface area contributed by atoms with E-state index < -0.39 is 5.97 Å². The number of nitrogens with two attached hydrogens (primary N) is 1. The van der Waals surface area contributed by atoms with Crippen molar-refractivity contribution in [2.45, 2.75) is 13.8 Å². The molecule has 0 atom stereocenters. The fourth-order valence-electron chi connectivity index (χ4n) is 1.52. The van der Waals surface area contributed by atoms with E-state index in [1.165, 1.54) is 18.4 Å². The average molecular weight is 253 g/mol. The molecule has 0 fully saturated rings. The highest BCUT2D eigenvalue weighted by Gasteiger charge is 2.23. The van der Waals surface area contributed by atoms with E-state index in [4.69, 9.17) is 11.0 Å². The zero-order chi connectivity index (χ0) is 13.0. The molecule has 17 heavy (non-hydrogen) atoms. The Hall–Kier alpha value is -1.74. The second kappa shape index (κ2) is 5.55. The van der Waals surface area contributed by atoms with Crippen LogP contribution in [0.1, 0.15) is 29.1 Å². The number of thiophene rings is 1. The third kappa shape index (κ3) is 2.34. The summed E-state index contributed by atoms with van der Waals surface area (Å²) in [6.45, 7) is 5.48. The van der Waals surface area contributed by atoms with Crippen LogP contribution in [-0.4, -0.2) is 26.2 Å². The predicted molar refractivity (Wildman–Crippen MR) is 68.3 cm³/mol. The fraction of sp³-hybridized carbons (Fsp3) is 0.455. The van der Waals surface area contributed by atoms with Gasteiger partial charge in [0.1, 0.15) is 21.5 Å². The Kier molecular flexibility index (Phi) is 4.35. The summed E-state index contributed by atoms with van der Waals surface area (Å²) in [6, 6.07) is 2.05. The monoisotopic (exact) mass is 253 g/mol. The predicted octanol–water partition coefficient (Wildman–Crippen LogP) is 1.83. The van der Waals surface area contributed by atoms with Gasteiger partial charge in [0.25, 0.3) is 0 Å². The highest BCUT2D eigenvalue weighted by atomic mass is 32.1. The number of carbonyl (C=O) groups is 1. The molecule has 1 aromatic heterocycles. The number of anilines is 2. The largest absolute Gasteiger partial charge is 0.465 e. The number of nitrogens with zero attached hydrogens (tertiary/aromatic N) is 2. The van der Waals surface area contributed by atoms with E-state index in [1.807, 2.05) is 24.8 Å². The maximum absolute atomic E-state index is 11.5. The molecule has 0 spiro atoms. The summed E-state index contributed by atoms with van der Waals surface area (Å²) in [4.78, 5) is 13.8. The van der Waals surface area contributed by atoms with Crippen LogP contribution in [0, 0.1) is 11.3 Å². The van der Waals surface area contributed by atoms with Gasteiger partial charge in [-0.25, -0.2) is 4.79 Å². The number of ether oxygens (including phenoxy) is 1. The first-order chi connectivity index (χ1) is 8.10. The summed E-state index contributed by atoms with van der Waals surface area (Å²) in [7, 11) is 1.30. The van der Waals surface area contributed by atoms with Crippen LogP contribution in [0.15, 0.2) is 0 Å². The maximum atomic E-state index is 11.5. The van der Waals surface area contributed by atoms with Crippen LogP contribution in [0.4, 0.5) is 10.7 Å². The lowest BCUT2D eigenvalue weighted by atomic mass is 10.2. The van der Waals surface area contributed by atoms with Crippen molar-refractivity contribution in [3.8, 4) is 6.07 Å². The third-order valence-corrected chi connectivity index (χ3v) is 3.71. The van der Waals surface area contributed by atoms with E-state index >= 15 is 0 Å². The lowest BCUT2D eigenvalue weighted by Crippen LogP contribution is -2.21. The van der Waals surface area contributed by atoms with Crippen LogP contribution >= 0.6 is 11.3 Å². The van der Waals surface area contributed by atoms with Gasteiger partial charge in [0.05, 0.1) is 12.8 Å². The van der Waals surface area contributed by atoms with Crippen molar-refractivity contribution in [1.29, 1.82) is 5.26 Å². The Labute approximate surface area is 104 Å². The summed E-state index contributed by atoms with van der Waals surface area (Å²) in [5.74, 6) is -0.498. The van der Waals surface area contributed by atoms with Crippen molar-refractivity contribution < 1.29 is 9.53 Å². The molecule has 0 amide bonds. The lowest BCUT2D eigenvalue weighted by molar-refractivity contribution is 0.0607. The first kappa shape index (κ1) is 13.3. The zero-order valence-corrected chi connectivity index (χ0v) is 10.9. The Balaban J connectivity index is 3.33. The van der Waals surface area contributed by atoms with Gasteiger partial charge < -0.3 is 15.4 Å². The zero-order valence-electron chi connectivity index (χ0n) is 10.1. The summed E-state index contributed by atoms with van der Waals surface area (Å²) in [5.41, 5.74) is 6.37. The van der Waals surface area contributed by atoms with E-state index in [0.717, 1.165) is 18.1 Å². The van der Waals surface area contributed by atoms with Crippen LogP contribution in [-0.2, 0) is 4.74 Å². The molecular formula is C11H15N3O2S. The Bertz CT molecular complexity index is 458. The molecular weight excluding hydrogens is 238 g/mol. The molecule has 0 saturated carbocycles. The van der Waals surface area contributed by atoms with Crippen molar-refractivity contribution in [2.24, 2.45) is 0 Å². The van der Waals surface area contributed by atoms with Crippen LogP contribution < -0.4 is 10.6 Å². The number of nitriles is 1. The lowest BCUT2D eigenvalue weighted by Gasteiger charge is -2.18. The van der Waals surface area contributed by atoms with E-state index in [9.17, 15) is 4.79 Å². The van der Waals surface area contributed by atoms with E-state index in [0.29, 0.717) is 10.4 Å². The number of hydrogen-bond acceptors (Lipinski definition) is 6. The molecule has 0 aliphatic rings. The van der Waals surface area contributed by atoms with Crippen LogP contribution in [0.3, 0.4) is 0 Å². The summed E-state index contributed by atoms with van der Waals surface area (Å²) < 4.78 is 4.64. The highest BCUT2D eigenvalue weighted by molar-refractivity contribution is 7.18. The van der Waals surface area contributed by atoms with Crippen LogP contribution in [0.5, 0.6) is 0 Å². The minimum absolute atomic E-state index is 0.214.